The van der Waals surface area contributed by atoms with E-state index in [1.807, 2.05) is 30.1 Å². The average molecular weight is 313 g/mol. The van der Waals surface area contributed by atoms with E-state index in [1.54, 1.807) is 0 Å². The number of rotatable bonds is 5. The molecule has 1 N–H and O–H groups in total. The summed E-state index contributed by atoms with van der Waals surface area (Å²) < 4.78 is 0. The molecule has 0 aromatic carbocycles. The van der Waals surface area contributed by atoms with Crippen LogP contribution in [0.3, 0.4) is 0 Å². The smallest absolute Gasteiger partial charge is 0.115 e. The van der Waals surface area contributed by atoms with Gasteiger partial charge in [0, 0.05) is 17.5 Å². The molecule has 0 amide bonds. The molecule has 1 aliphatic rings. The number of pyridine rings is 1. The van der Waals surface area contributed by atoms with E-state index in [0.29, 0.717) is 11.3 Å². The van der Waals surface area contributed by atoms with E-state index >= 15 is 0 Å². The van der Waals surface area contributed by atoms with E-state index in [2.05, 4.69) is 31.1 Å². The highest BCUT2D eigenvalue weighted by Crippen LogP contribution is 2.40. The summed E-state index contributed by atoms with van der Waals surface area (Å²) in [7, 11) is 0. The van der Waals surface area contributed by atoms with E-state index in [1.165, 1.54) is 19.3 Å². The largest absolute Gasteiger partial charge is 0.313 e. The van der Waals surface area contributed by atoms with Gasteiger partial charge in [0.2, 0.25) is 0 Å². The molecule has 112 valence electrons. The quantitative estimate of drug-likeness (QED) is 0.858. The lowest BCUT2D eigenvalue weighted by atomic mass is 9.79. The second-order valence-electron chi connectivity index (χ2n) is 5.93. The van der Waals surface area contributed by atoms with E-state index in [-0.39, 0.29) is 0 Å². The molecular formula is C16H25ClN2S. The van der Waals surface area contributed by atoms with Crippen molar-refractivity contribution in [2.24, 2.45) is 11.8 Å². The van der Waals surface area contributed by atoms with Gasteiger partial charge in [-0.1, -0.05) is 44.1 Å². The van der Waals surface area contributed by atoms with Crippen molar-refractivity contribution in [3.05, 3.63) is 23.4 Å². The van der Waals surface area contributed by atoms with Crippen LogP contribution >= 0.6 is 23.4 Å². The lowest BCUT2D eigenvalue weighted by Gasteiger charge is -2.37. The number of aromatic nitrogens is 1. The maximum atomic E-state index is 6.26. The van der Waals surface area contributed by atoms with Crippen LogP contribution in [-0.4, -0.2) is 22.8 Å². The molecule has 1 aliphatic carbocycles. The SMILES string of the molecule is CCNC1CCC(C(C)C)CC1Sc1ncccc1Cl. The predicted molar refractivity (Wildman–Crippen MR) is 88.5 cm³/mol. The van der Waals surface area contributed by atoms with Crippen LogP contribution in [-0.2, 0) is 0 Å². The maximum Gasteiger partial charge on any atom is 0.115 e. The van der Waals surface area contributed by atoms with Crippen molar-refractivity contribution in [2.45, 2.75) is 56.4 Å². The Morgan fingerprint density at radius 2 is 2.25 bits per heavy atom. The van der Waals surface area contributed by atoms with Crippen molar-refractivity contribution in [1.29, 1.82) is 0 Å². The molecule has 1 aromatic heterocycles. The molecule has 0 bridgehead atoms. The third-order valence-corrected chi connectivity index (χ3v) is 6.02. The molecule has 0 spiro atoms. The van der Waals surface area contributed by atoms with Crippen LogP contribution in [0, 0.1) is 11.8 Å². The molecule has 3 atom stereocenters. The van der Waals surface area contributed by atoms with Gasteiger partial charge in [-0.15, -0.1) is 0 Å². The summed E-state index contributed by atoms with van der Waals surface area (Å²) in [5, 5.41) is 5.97. The van der Waals surface area contributed by atoms with Crippen LogP contribution in [0.4, 0.5) is 0 Å². The highest BCUT2D eigenvalue weighted by atomic mass is 35.5. The summed E-state index contributed by atoms with van der Waals surface area (Å²) in [5.74, 6) is 1.59. The zero-order valence-corrected chi connectivity index (χ0v) is 14.2. The summed E-state index contributed by atoms with van der Waals surface area (Å²) in [6.45, 7) is 7.90. The van der Waals surface area contributed by atoms with Gasteiger partial charge in [0.1, 0.15) is 5.03 Å². The fourth-order valence-corrected chi connectivity index (χ4v) is 4.58. The highest BCUT2D eigenvalue weighted by molar-refractivity contribution is 8.00. The minimum atomic E-state index is 0.573. The van der Waals surface area contributed by atoms with Crippen molar-refractivity contribution in [2.75, 3.05) is 6.54 Å². The van der Waals surface area contributed by atoms with E-state index in [4.69, 9.17) is 11.6 Å². The van der Waals surface area contributed by atoms with Crippen LogP contribution < -0.4 is 5.32 Å². The van der Waals surface area contributed by atoms with E-state index in [9.17, 15) is 0 Å². The van der Waals surface area contributed by atoms with Crippen molar-refractivity contribution in [3.63, 3.8) is 0 Å². The topological polar surface area (TPSA) is 24.9 Å². The fourth-order valence-electron chi connectivity index (χ4n) is 2.99. The monoisotopic (exact) mass is 312 g/mol. The third kappa shape index (κ3) is 4.12. The Morgan fingerprint density at radius 3 is 2.90 bits per heavy atom. The molecule has 1 fully saturated rings. The lowest BCUT2D eigenvalue weighted by Crippen LogP contribution is -2.43. The van der Waals surface area contributed by atoms with Crippen LogP contribution in [0.25, 0.3) is 0 Å². The van der Waals surface area contributed by atoms with E-state index < -0.39 is 0 Å². The van der Waals surface area contributed by atoms with Gasteiger partial charge in [-0.25, -0.2) is 4.98 Å². The fraction of sp³-hybridized carbons (Fsp3) is 0.688. The van der Waals surface area contributed by atoms with Gasteiger partial charge in [0.15, 0.2) is 0 Å². The summed E-state index contributed by atoms with van der Waals surface area (Å²) in [6.07, 6.45) is 5.69. The van der Waals surface area contributed by atoms with Crippen molar-refractivity contribution < 1.29 is 0 Å². The number of nitrogens with one attached hydrogen (secondary N) is 1. The highest BCUT2D eigenvalue weighted by Gasteiger charge is 2.32. The summed E-state index contributed by atoms with van der Waals surface area (Å²) in [6, 6.07) is 4.41. The molecule has 1 heterocycles. The Balaban J connectivity index is 2.09. The standard InChI is InChI=1S/C16H25ClN2S/c1-4-18-14-8-7-12(11(2)3)10-15(14)20-16-13(17)6-5-9-19-16/h5-6,9,11-12,14-15,18H,4,7-8,10H2,1-3H3. The number of hydrogen-bond acceptors (Lipinski definition) is 3. The van der Waals surface area contributed by atoms with Crippen molar-refractivity contribution >= 4 is 23.4 Å². The van der Waals surface area contributed by atoms with Gasteiger partial charge < -0.3 is 5.32 Å². The molecule has 0 saturated heterocycles. The molecule has 0 aliphatic heterocycles. The van der Waals surface area contributed by atoms with Gasteiger partial charge >= 0.3 is 0 Å². The number of thioether (sulfide) groups is 1. The van der Waals surface area contributed by atoms with Crippen LogP contribution in [0.15, 0.2) is 23.4 Å². The Bertz CT molecular complexity index is 425. The first-order chi connectivity index (χ1) is 9.61. The second kappa shape index (κ2) is 7.67. The molecule has 3 unspecified atom stereocenters. The number of hydrogen-bond donors (Lipinski definition) is 1. The summed E-state index contributed by atoms with van der Waals surface area (Å²) >= 11 is 8.12. The predicted octanol–water partition coefficient (Wildman–Crippen LogP) is 4.63. The Kier molecular flexibility index (Phi) is 6.19. The number of nitrogens with zero attached hydrogens (tertiary/aromatic N) is 1. The third-order valence-electron chi connectivity index (χ3n) is 4.23. The summed E-state index contributed by atoms with van der Waals surface area (Å²) in [4.78, 5) is 4.44. The Hall–Kier alpha value is -0.250. The maximum absolute atomic E-state index is 6.26. The minimum absolute atomic E-state index is 0.573. The van der Waals surface area contributed by atoms with Crippen LogP contribution in [0.1, 0.15) is 40.0 Å². The normalized spacial score (nSPS) is 26.9. The average Bonchev–Trinajstić information content (AvgIpc) is 2.43. The first-order valence-electron chi connectivity index (χ1n) is 7.62. The number of halogens is 1. The van der Waals surface area contributed by atoms with Gasteiger partial charge in [-0.05, 0) is 49.8 Å². The molecule has 1 saturated carbocycles. The molecule has 2 nitrogen and oxygen atoms in total. The van der Waals surface area contributed by atoms with Gasteiger partial charge in [0.05, 0.1) is 5.02 Å². The van der Waals surface area contributed by atoms with E-state index in [0.717, 1.165) is 28.4 Å². The van der Waals surface area contributed by atoms with Crippen molar-refractivity contribution in [1.82, 2.24) is 10.3 Å². The second-order valence-corrected chi connectivity index (χ2v) is 7.56. The first kappa shape index (κ1) is 16.1. The van der Waals surface area contributed by atoms with Gasteiger partial charge in [-0.2, -0.15) is 0 Å². The minimum Gasteiger partial charge on any atom is -0.313 e. The Labute approximate surface area is 132 Å². The molecule has 4 heteroatoms. The zero-order chi connectivity index (χ0) is 14.5. The van der Waals surface area contributed by atoms with Crippen LogP contribution in [0.2, 0.25) is 5.02 Å². The van der Waals surface area contributed by atoms with Gasteiger partial charge in [-0.3, -0.25) is 0 Å². The molecule has 1 aromatic rings. The molecular weight excluding hydrogens is 288 g/mol. The molecule has 2 rings (SSSR count). The van der Waals surface area contributed by atoms with Crippen molar-refractivity contribution in [3.8, 4) is 0 Å². The zero-order valence-electron chi connectivity index (χ0n) is 12.6. The molecule has 0 radical (unpaired) electrons. The van der Waals surface area contributed by atoms with Gasteiger partial charge in [0.25, 0.3) is 0 Å². The first-order valence-corrected chi connectivity index (χ1v) is 8.88. The molecule has 20 heavy (non-hydrogen) atoms. The lowest BCUT2D eigenvalue weighted by molar-refractivity contribution is 0.247. The summed E-state index contributed by atoms with van der Waals surface area (Å²) in [5.41, 5.74) is 0. The Morgan fingerprint density at radius 1 is 1.45 bits per heavy atom. The van der Waals surface area contributed by atoms with Crippen LogP contribution in [0.5, 0.6) is 0 Å².